The third kappa shape index (κ3) is 2.88. The van der Waals surface area contributed by atoms with Gasteiger partial charge in [0.2, 0.25) is 0 Å². The lowest BCUT2D eigenvalue weighted by atomic mass is 10.0. The number of nitrogens with two attached hydrogens (primary N) is 1. The van der Waals surface area contributed by atoms with E-state index in [4.69, 9.17) is 5.73 Å². The summed E-state index contributed by atoms with van der Waals surface area (Å²) in [6.45, 7) is 0. The van der Waals surface area contributed by atoms with Crippen LogP contribution in [0, 0.1) is 0 Å². The minimum absolute atomic E-state index is 0.310. The molecule has 0 unspecified atom stereocenters. The fourth-order valence-corrected chi connectivity index (χ4v) is 3.81. The molecule has 0 aliphatic heterocycles. The Bertz CT molecular complexity index is 899. The van der Waals surface area contributed by atoms with Gasteiger partial charge in [-0.25, -0.2) is 8.42 Å². The number of anilines is 1. The first-order valence-electron chi connectivity index (χ1n) is 6.55. The van der Waals surface area contributed by atoms with Crippen molar-refractivity contribution < 1.29 is 8.42 Å². The third-order valence-corrected chi connectivity index (χ3v) is 5.43. The molecule has 0 fully saturated rings. The van der Waals surface area contributed by atoms with Crippen molar-refractivity contribution in [1.29, 1.82) is 0 Å². The summed E-state index contributed by atoms with van der Waals surface area (Å²) in [6.07, 6.45) is 4.68. The maximum Gasteiger partial charge on any atom is 0.175 e. The lowest BCUT2D eigenvalue weighted by Gasteiger charge is -2.05. The minimum Gasteiger partial charge on any atom is -0.391 e. The van der Waals surface area contributed by atoms with Gasteiger partial charge in [0.15, 0.2) is 9.84 Å². The van der Waals surface area contributed by atoms with E-state index in [2.05, 4.69) is 4.98 Å². The summed E-state index contributed by atoms with van der Waals surface area (Å²) in [4.78, 5) is 5.38. The molecule has 0 radical (unpaired) electrons. The maximum absolute atomic E-state index is 11.5. The highest BCUT2D eigenvalue weighted by atomic mass is 32.2. The monoisotopic (exact) mass is 330 g/mol. The number of hydrogen-bond donors (Lipinski definition) is 1. The number of pyridine rings is 1. The second kappa shape index (κ2) is 5.55. The summed E-state index contributed by atoms with van der Waals surface area (Å²) in [5.74, 6) is 0. The van der Waals surface area contributed by atoms with Gasteiger partial charge in [0.1, 0.15) is 0 Å². The average molecular weight is 330 g/mol. The summed E-state index contributed by atoms with van der Waals surface area (Å²) in [6, 6.07) is 12.6. The summed E-state index contributed by atoms with van der Waals surface area (Å²) >= 11 is 1.50. The van der Waals surface area contributed by atoms with Crippen molar-refractivity contribution in [2.45, 2.75) is 4.90 Å². The number of nitrogen functional groups attached to an aromatic ring is 1. The van der Waals surface area contributed by atoms with Crippen LogP contribution in [0.4, 0.5) is 5.00 Å². The van der Waals surface area contributed by atoms with Crippen LogP contribution < -0.4 is 5.73 Å². The Morgan fingerprint density at radius 1 is 1.00 bits per heavy atom. The molecule has 3 rings (SSSR count). The number of hydrogen-bond acceptors (Lipinski definition) is 5. The van der Waals surface area contributed by atoms with Crippen LogP contribution in [-0.4, -0.2) is 19.7 Å². The van der Waals surface area contributed by atoms with Crippen LogP contribution in [0.1, 0.15) is 0 Å². The summed E-state index contributed by atoms with van der Waals surface area (Å²) in [5, 5.41) is 0.717. The van der Waals surface area contributed by atoms with E-state index in [1.807, 2.05) is 30.3 Å². The molecule has 2 aromatic heterocycles. The molecule has 6 heteroatoms. The van der Waals surface area contributed by atoms with Gasteiger partial charge in [-0.15, -0.1) is 11.3 Å². The van der Waals surface area contributed by atoms with Gasteiger partial charge < -0.3 is 5.73 Å². The fourth-order valence-electron chi connectivity index (χ4n) is 2.22. The number of aromatic nitrogens is 1. The highest BCUT2D eigenvalue weighted by Gasteiger charge is 2.13. The number of nitrogens with zero attached hydrogens (tertiary/aromatic N) is 1. The molecule has 2 heterocycles. The van der Waals surface area contributed by atoms with Crippen LogP contribution in [0.3, 0.4) is 0 Å². The molecule has 4 nitrogen and oxygen atoms in total. The SMILES string of the molecule is CS(=O)(=O)c1ccc(-c2cc(N)sc2-c2ccncc2)cc1. The van der Waals surface area contributed by atoms with Crippen molar-refractivity contribution in [3.8, 4) is 21.6 Å². The molecule has 22 heavy (non-hydrogen) atoms. The molecule has 0 bridgehead atoms. The quantitative estimate of drug-likeness (QED) is 0.798. The van der Waals surface area contributed by atoms with Crippen LogP contribution in [0.5, 0.6) is 0 Å². The Labute approximate surface area is 133 Å². The van der Waals surface area contributed by atoms with E-state index in [9.17, 15) is 8.42 Å². The first-order chi connectivity index (χ1) is 10.4. The first-order valence-corrected chi connectivity index (χ1v) is 9.26. The van der Waals surface area contributed by atoms with E-state index in [1.54, 1.807) is 24.5 Å². The van der Waals surface area contributed by atoms with Crippen LogP contribution in [-0.2, 0) is 9.84 Å². The molecular weight excluding hydrogens is 316 g/mol. The topological polar surface area (TPSA) is 73.0 Å². The van der Waals surface area contributed by atoms with Crippen molar-refractivity contribution in [1.82, 2.24) is 4.98 Å². The molecule has 0 amide bonds. The zero-order valence-corrected chi connectivity index (χ0v) is 13.5. The van der Waals surface area contributed by atoms with E-state index < -0.39 is 9.84 Å². The van der Waals surface area contributed by atoms with Crippen LogP contribution in [0.2, 0.25) is 0 Å². The van der Waals surface area contributed by atoms with Crippen LogP contribution >= 0.6 is 11.3 Å². The summed E-state index contributed by atoms with van der Waals surface area (Å²) < 4.78 is 23.1. The smallest absolute Gasteiger partial charge is 0.175 e. The molecule has 112 valence electrons. The lowest BCUT2D eigenvalue weighted by molar-refractivity contribution is 0.602. The highest BCUT2D eigenvalue weighted by Crippen LogP contribution is 2.40. The number of benzene rings is 1. The third-order valence-electron chi connectivity index (χ3n) is 3.29. The summed E-state index contributed by atoms with van der Waals surface area (Å²) in [7, 11) is -3.19. The number of sulfone groups is 1. The van der Waals surface area contributed by atoms with E-state index in [0.29, 0.717) is 9.90 Å². The summed E-state index contributed by atoms with van der Waals surface area (Å²) in [5.41, 5.74) is 8.93. The molecule has 0 aliphatic rings. The van der Waals surface area contributed by atoms with Gasteiger partial charge in [0, 0.05) is 29.1 Å². The van der Waals surface area contributed by atoms with Gasteiger partial charge in [-0.3, -0.25) is 4.98 Å². The van der Waals surface area contributed by atoms with Crippen LogP contribution in [0.25, 0.3) is 21.6 Å². The van der Waals surface area contributed by atoms with Gasteiger partial charge in [0.05, 0.1) is 9.90 Å². The Morgan fingerprint density at radius 2 is 1.64 bits per heavy atom. The van der Waals surface area contributed by atoms with Gasteiger partial charge in [0.25, 0.3) is 0 Å². The second-order valence-electron chi connectivity index (χ2n) is 4.92. The van der Waals surface area contributed by atoms with E-state index >= 15 is 0 Å². The molecule has 0 saturated heterocycles. The van der Waals surface area contributed by atoms with E-state index in [1.165, 1.54) is 17.6 Å². The van der Waals surface area contributed by atoms with Crippen molar-refractivity contribution in [2.75, 3.05) is 12.0 Å². The van der Waals surface area contributed by atoms with E-state index in [0.717, 1.165) is 21.6 Å². The van der Waals surface area contributed by atoms with Gasteiger partial charge in [-0.05, 0) is 41.5 Å². The van der Waals surface area contributed by atoms with E-state index in [-0.39, 0.29) is 0 Å². The van der Waals surface area contributed by atoms with Crippen LogP contribution in [0.15, 0.2) is 59.8 Å². The van der Waals surface area contributed by atoms with Crippen molar-refractivity contribution in [2.24, 2.45) is 0 Å². The molecule has 2 N–H and O–H groups in total. The Morgan fingerprint density at radius 3 is 2.23 bits per heavy atom. The standard InChI is InChI=1S/C16H14N2O2S2/c1-22(19,20)13-4-2-11(3-5-13)14-10-15(17)21-16(14)12-6-8-18-9-7-12/h2-10H,17H2,1H3. The van der Waals surface area contributed by atoms with Crippen molar-refractivity contribution in [3.63, 3.8) is 0 Å². The molecular formula is C16H14N2O2S2. The zero-order valence-electron chi connectivity index (χ0n) is 11.9. The predicted molar refractivity (Wildman–Crippen MR) is 90.5 cm³/mol. The Kier molecular flexibility index (Phi) is 3.72. The largest absolute Gasteiger partial charge is 0.391 e. The van der Waals surface area contributed by atoms with Crippen molar-refractivity contribution >= 4 is 26.2 Å². The van der Waals surface area contributed by atoms with Gasteiger partial charge in [-0.2, -0.15) is 0 Å². The van der Waals surface area contributed by atoms with Gasteiger partial charge in [-0.1, -0.05) is 12.1 Å². The first kappa shape index (κ1) is 14.7. The van der Waals surface area contributed by atoms with Gasteiger partial charge >= 0.3 is 0 Å². The average Bonchev–Trinajstić information content (AvgIpc) is 2.89. The fraction of sp³-hybridized carbons (Fsp3) is 0.0625. The normalized spacial score (nSPS) is 11.5. The maximum atomic E-state index is 11.5. The molecule has 0 spiro atoms. The molecule has 0 atom stereocenters. The molecule has 1 aromatic carbocycles. The lowest BCUT2D eigenvalue weighted by Crippen LogP contribution is -1.96. The molecule has 3 aromatic rings. The number of thiophene rings is 1. The molecule has 0 saturated carbocycles. The Hall–Kier alpha value is -2.18. The molecule has 0 aliphatic carbocycles. The minimum atomic E-state index is -3.19. The Balaban J connectivity index is 2.10. The predicted octanol–water partition coefficient (Wildman–Crippen LogP) is 3.46. The van der Waals surface area contributed by atoms with Crippen molar-refractivity contribution in [3.05, 3.63) is 54.9 Å². The highest BCUT2D eigenvalue weighted by molar-refractivity contribution is 7.90. The zero-order chi connectivity index (χ0) is 15.7. The second-order valence-corrected chi connectivity index (χ2v) is 8.02. The number of rotatable bonds is 3.